The molecular weight excluding hydrogens is 419 g/mol. The summed E-state index contributed by atoms with van der Waals surface area (Å²) in [6.45, 7) is 0. The molecule has 0 spiro atoms. The highest BCUT2D eigenvalue weighted by Gasteiger charge is 2.35. The van der Waals surface area contributed by atoms with E-state index in [1.165, 1.54) is 30.6 Å². The van der Waals surface area contributed by atoms with Crippen molar-refractivity contribution in [3.05, 3.63) is 58.9 Å². The maximum atomic E-state index is 13.9. The van der Waals surface area contributed by atoms with Crippen LogP contribution >= 0.6 is 11.3 Å². The number of rotatable bonds is 4. The van der Waals surface area contributed by atoms with Gasteiger partial charge in [-0.2, -0.15) is 0 Å². The maximum absolute atomic E-state index is 13.9. The smallest absolute Gasteiger partial charge is 0.259 e. The summed E-state index contributed by atoms with van der Waals surface area (Å²) in [4.78, 5) is 25.7. The summed E-state index contributed by atoms with van der Waals surface area (Å²) in [5.74, 6) is -0.318. The number of nitrogens with zero attached hydrogens (tertiary/aromatic N) is 1. The highest BCUT2D eigenvalue weighted by atomic mass is 32.1. The molecule has 0 radical (unpaired) electrons. The number of halogens is 1. The molecule has 156 valence electrons. The van der Waals surface area contributed by atoms with E-state index in [0.29, 0.717) is 28.0 Å². The Hall–Kier alpha value is -3.65. The van der Waals surface area contributed by atoms with Crippen LogP contribution in [0.3, 0.4) is 0 Å². The lowest BCUT2D eigenvalue weighted by atomic mass is 9.95. The zero-order valence-electron chi connectivity index (χ0n) is 16.9. The average Bonchev–Trinajstić information content (AvgIpc) is 3.39. The van der Waals surface area contributed by atoms with Crippen LogP contribution in [0.2, 0.25) is 0 Å². The molecule has 6 nitrogen and oxygen atoms in total. The molecule has 8 heteroatoms. The molecule has 0 atom stereocenters. The second kappa shape index (κ2) is 6.95. The Morgan fingerprint density at radius 3 is 2.32 bits per heavy atom. The van der Waals surface area contributed by atoms with Crippen LogP contribution in [0.25, 0.3) is 32.1 Å². The molecule has 3 heterocycles. The minimum Gasteiger partial charge on any atom is -0.493 e. The first-order valence-electron chi connectivity index (χ1n) is 9.41. The van der Waals surface area contributed by atoms with E-state index in [9.17, 15) is 14.0 Å². The number of aromatic nitrogens is 1. The molecule has 0 saturated heterocycles. The van der Waals surface area contributed by atoms with Crippen molar-refractivity contribution in [1.82, 2.24) is 9.88 Å². The van der Waals surface area contributed by atoms with Crippen molar-refractivity contribution in [3.8, 4) is 11.5 Å². The summed E-state index contributed by atoms with van der Waals surface area (Å²) >= 11 is 1.40. The van der Waals surface area contributed by atoms with E-state index < -0.39 is 17.6 Å². The van der Waals surface area contributed by atoms with Gasteiger partial charge in [0, 0.05) is 51.3 Å². The number of methoxy groups -OCH3 is 2. The van der Waals surface area contributed by atoms with Gasteiger partial charge in [0.2, 0.25) is 0 Å². The first-order chi connectivity index (χ1) is 14.9. The van der Waals surface area contributed by atoms with Crippen LogP contribution in [0.15, 0.2) is 41.9 Å². The van der Waals surface area contributed by atoms with Crippen LogP contribution in [-0.2, 0) is 16.6 Å². The normalized spacial score (nSPS) is 14.1. The first-order valence-corrected chi connectivity index (χ1v) is 10.3. The molecule has 1 aliphatic rings. The molecule has 0 unspecified atom stereocenters. The van der Waals surface area contributed by atoms with Gasteiger partial charge in [0.15, 0.2) is 11.5 Å². The third kappa shape index (κ3) is 2.83. The zero-order chi connectivity index (χ0) is 21.9. The molecule has 1 aliphatic heterocycles. The zero-order valence-corrected chi connectivity index (χ0v) is 17.7. The minimum absolute atomic E-state index is 0.240. The number of imide groups is 1. The van der Waals surface area contributed by atoms with Gasteiger partial charge >= 0.3 is 0 Å². The van der Waals surface area contributed by atoms with Crippen molar-refractivity contribution in [1.29, 1.82) is 0 Å². The van der Waals surface area contributed by atoms with E-state index in [4.69, 9.17) is 9.47 Å². The molecule has 0 aliphatic carbocycles. The van der Waals surface area contributed by atoms with Gasteiger partial charge in [-0.3, -0.25) is 14.9 Å². The maximum Gasteiger partial charge on any atom is 0.259 e. The molecular formula is C23H17FN2O4S. The Labute approximate surface area is 180 Å². The van der Waals surface area contributed by atoms with Crippen molar-refractivity contribution in [2.24, 2.45) is 7.05 Å². The molecule has 2 aromatic carbocycles. The predicted molar refractivity (Wildman–Crippen MR) is 118 cm³/mol. The van der Waals surface area contributed by atoms with Gasteiger partial charge in [0.05, 0.1) is 30.9 Å². The van der Waals surface area contributed by atoms with Gasteiger partial charge < -0.3 is 14.0 Å². The molecule has 31 heavy (non-hydrogen) atoms. The number of hydrogen-bond donors (Lipinski definition) is 1. The number of ether oxygens (including phenoxy) is 2. The van der Waals surface area contributed by atoms with Crippen LogP contribution in [-0.4, -0.2) is 30.6 Å². The molecule has 4 aromatic rings. The molecule has 0 bridgehead atoms. The van der Waals surface area contributed by atoms with E-state index in [1.807, 2.05) is 17.7 Å². The van der Waals surface area contributed by atoms with Gasteiger partial charge in [0.1, 0.15) is 5.82 Å². The molecule has 0 fully saturated rings. The van der Waals surface area contributed by atoms with Gasteiger partial charge in [-0.15, -0.1) is 11.3 Å². The lowest BCUT2D eigenvalue weighted by Crippen LogP contribution is -2.22. The fraction of sp³-hybridized carbons (Fsp3) is 0.130. The largest absolute Gasteiger partial charge is 0.493 e. The van der Waals surface area contributed by atoms with Gasteiger partial charge in [-0.1, -0.05) is 0 Å². The summed E-state index contributed by atoms with van der Waals surface area (Å²) in [5, 5.41) is 5.52. The van der Waals surface area contributed by atoms with Crippen LogP contribution in [0.4, 0.5) is 4.39 Å². The fourth-order valence-electron chi connectivity index (χ4n) is 4.07. The van der Waals surface area contributed by atoms with E-state index in [1.54, 1.807) is 30.8 Å². The van der Waals surface area contributed by atoms with E-state index in [2.05, 4.69) is 5.32 Å². The highest BCUT2D eigenvalue weighted by Crippen LogP contribution is 2.42. The number of hydrogen-bond acceptors (Lipinski definition) is 5. The van der Waals surface area contributed by atoms with Gasteiger partial charge in [-0.05, 0) is 24.3 Å². The summed E-state index contributed by atoms with van der Waals surface area (Å²) in [6.07, 6.45) is 1.80. The topological polar surface area (TPSA) is 69.6 Å². The third-order valence-electron chi connectivity index (χ3n) is 5.50. The molecule has 0 saturated carbocycles. The van der Waals surface area contributed by atoms with Crippen LogP contribution in [0.1, 0.15) is 11.1 Å². The predicted octanol–water partition coefficient (Wildman–Crippen LogP) is 4.12. The number of nitrogens with one attached hydrogen (secondary N) is 1. The van der Waals surface area contributed by atoms with Crippen molar-refractivity contribution < 1.29 is 23.5 Å². The Morgan fingerprint density at radius 1 is 0.935 bits per heavy atom. The number of carbonyl (C=O) groups excluding carboxylic acids is 2. The van der Waals surface area contributed by atoms with Crippen LogP contribution in [0, 0.1) is 5.82 Å². The third-order valence-corrected chi connectivity index (χ3v) is 6.46. The fourth-order valence-corrected chi connectivity index (χ4v) is 5.00. The van der Waals surface area contributed by atoms with Crippen LogP contribution < -0.4 is 14.8 Å². The SMILES string of the molecule is COc1cc2c(C3=C(c4csc5ccc(F)cc45)C(=O)NC3=O)cn(C)c2cc1OC. The van der Waals surface area contributed by atoms with E-state index in [-0.39, 0.29) is 11.1 Å². The summed E-state index contributed by atoms with van der Waals surface area (Å²) in [6, 6.07) is 8.04. The number of carbonyl (C=O) groups is 2. The Morgan fingerprint density at radius 2 is 1.61 bits per heavy atom. The molecule has 2 amide bonds. The van der Waals surface area contributed by atoms with E-state index in [0.717, 1.165) is 15.6 Å². The second-order valence-corrected chi connectivity index (χ2v) is 8.11. The van der Waals surface area contributed by atoms with Crippen LogP contribution in [0.5, 0.6) is 11.5 Å². The average molecular weight is 436 g/mol. The minimum atomic E-state index is -0.499. The Bertz CT molecular complexity index is 1450. The van der Waals surface area contributed by atoms with Crippen molar-refractivity contribution >= 4 is 55.3 Å². The lowest BCUT2D eigenvalue weighted by molar-refractivity contribution is -0.122. The summed E-state index contributed by atoms with van der Waals surface area (Å²) in [5.41, 5.74) is 2.44. The second-order valence-electron chi connectivity index (χ2n) is 7.20. The monoisotopic (exact) mass is 436 g/mol. The molecule has 2 aromatic heterocycles. The number of thiophene rings is 1. The molecule has 1 N–H and O–H groups in total. The summed E-state index contributed by atoms with van der Waals surface area (Å²) < 4.78 is 27.5. The number of amides is 2. The molecule has 5 rings (SSSR count). The Kier molecular flexibility index (Phi) is 4.33. The van der Waals surface area contributed by atoms with Crippen molar-refractivity contribution in [2.75, 3.05) is 14.2 Å². The van der Waals surface area contributed by atoms with Crippen molar-refractivity contribution in [3.63, 3.8) is 0 Å². The quantitative estimate of drug-likeness (QED) is 0.489. The number of benzene rings is 2. The van der Waals surface area contributed by atoms with Gasteiger partial charge in [0.25, 0.3) is 11.8 Å². The van der Waals surface area contributed by atoms with Gasteiger partial charge in [-0.25, -0.2) is 4.39 Å². The Balaban J connectivity index is 1.84. The number of fused-ring (bicyclic) bond motifs is 2. The lowest BCUT2D eigenvalue weighted by Gasteiger charge is -2.09. The number of aryl methyl sites for hydroxylation is 1. The van der Waals surface area contributed by atoms with Crippen molar-refractivity contribution in [2.45, 2.75) is 0 Å². The highest BCUT2D eigenvalue weighted by molar-refractivity contribution is 7.17. The van der Waals surface area contributed by atoms with E-state index >= 15 is 0 Å². The first kappa shape index (κ1) is 19.3. The summed E-state index contributed by atoms with van der Waals surface area (Å²) in [7, 11) is 4.94. The standard InChI is InChI=1S/C23H17FN2O4S/c1-26-9-14(12-7-17(29-2)18(30-3)8-16(12)26)20-21(23(28)25-22(20)27)15-10-31-19-5-4-11(24)6-13(15)19/h4-10H,1-3H3,(H,25,27,28).